The van der Waals surface area contributed by atoms with Gasteiger partial charge in [0.1, 0.15) is 11.6 Å². The van der Waals surface area contributed by atoms with Crippen LogP contribution >= 0.6 is 11.6 Å². The number of fused-ring (bicyclic) bond motifs is 1. The number of aromatic nitrogens is 2. The van der Waals surface area contributed by atoms with Gasteiger partial charge >= 0.3 is 0 Å². The molecule has 27 heavy (non-hydrogen) atoms. The van der Waals surface area contributed by atoms with E-state index in [2.05, 4.69) is 10.4 Å². The predicted molar refractivity (Wildman–Crippen MR) is 103 cm³/mol. The van der Waals surface area contributed by atoms with Crippen molar-refractivity contribution in [3.8, 4) is 5.69 Å². The molecule has 0 saturated heterocycles. The van der Waals surface area contributed by atoms with Gasteiger partial charge in [0.05, 0.1) is 33.5 Å². The first kappa shape index (κ1) is 17.9. The van der Waals surface area contributed by atoms with Gasteiger partial charge in [-0.25, -0.2) is 9.07 Å². The molecule has 8 heteroatoms. The zero-order valence-electron chi connectivity index (χ0n) is 14.3. The fourth-order valence-electron chi connectivity index (χ4n) is 3.01. The van der Waals surface area contributed by atoms with E-state index in [1.54, 1.807) is 4.68 Å². The van der Waals surface area contributed by atoms with Crippen LogP contribution in [0, 0.1) is 12.7 Å². The largest absolute Gasteiger partial charge is 0.306 e. The molecule has 0 saturated carbocycles. The third-order valence-electron chi connectivity index (χ3n) is 4.37. The second-order valence-corrected chi connectivity index (χ2v) is 8.16. The van der Waals surface area contributed by atoms with Crippen LogP contribution in [0.25, 0.3) is 5.69 Å². The van der Waals surface area contributed by atoms with Crippen molar-refractivity contribution in [1.29, 1.82) is 0 Å². The normalized spacial score (nSPS) is 15.6. The predicted octanol–water partition coefficient (Wildman–Crippen LogP) is 3.99. The Balaban J connectivity index is 1.78. The summed E-state index contributed by atoms with van der Waals surface area (Å²) in [5, 5.41) is 7.26. The smallest absolute Gasteiger partial charge is 0.261 e. The van der Waals surface area contributed by atoms with Crippen LogP contribution in [-0.2, 0) is 22.3 Å². The summed E-state index contributed by atoms with van der Waals surface area (Å²) in [6.45, 7) is 1.97. The maximum atomic E-state index is 14.1. The van der Waals surface area contributed by atoms with Crippen LogP contribution in [-0.4, -0.2) is 19.9 Å². The number of nitrogens with one attached hydrogen (secondary N) is 1. The van der Waals surface area contributed by atoms with Crippen LogP contribution in [0.2, 0.25) is 5.02 Å². The van der Waals surface area contributed by atoms with Gasteiger partial charge in [0.25, 0.3) is 5.91 Å². The molecule has 1 aromatic heterocycles. The van der Waals surface area contributed by atoms with Crippen LogP contribution in [0.1, 0.15) is 27.2 Å². The maximum Gasteiger partial charge on any atom is 0.261 e. The summed E-state index contributed by atoms with van der Waals surface area (Å²) >= 11 is 6.01. The molecule has 2 aromatic carbocycles. The third-order valence-corrected chi connectivity index (χ3v) is 5.89. The lowest BCUT2D eigenvalue weighted by Crippen LogP contribution is -2.18. The molecule has 1 N–H and O–H groups in total. The van der Waals surface area contributed by atoms with E-state index in [4.69, 9.17) is 11.6 Å². The lowest BCUT2D eigenvalue weighted by Gasteiger charge is -2.12. The van der Waals surface area contributed by atoms with Crippen molar-refractivity contribution in [2.24, 2.45) is 0 Å². The number of halogens is 2. The minimum absolute atomic E-state index is 0.0223. The van der Waals surface area contributed by atoms with E-state index in [1.165, 1.54) is 18.2 Å². The minimum Gasteiger partial charge on any atom is -0.306 e. The van der Waals surface area contributed by atoms with Crippen molar-refractivity contribution >= 4 is 34.1 Å². The van der Waals surface area contributed by atoms with E-state index in [-0.39, 0.29) is 10.6 Å². The molecule has 1 atom stereocenters. The Morgan fingerprint density at radius 1 is 1.22 bits per heavy atom. The Labute approximate surface area is 162 Å². The topological polar surface area (TPSA) is 64.0 Å². The van der Waals surface area contributed by atoms with Crippen LogP contribution < -0.4 is 5.32 Å². The van der Waals surface area contributed by atoms with Gasteiger partial charge in [-0.1, -0.05) is 35.4 Å². The Morgan fingerprint density at radius 3 is 2.67 bits per heavy atom. The maximum absolute atomic E-state index is 14.1. The molecule has 0 spiro atoms. The summed E-state index contributed by atoms with van der Waals surface area (Å²) in [6.07, 6.45) is 0. The van der Waals surface area contributed by atoms with Gasteiger partial charge in [0.2, 0.25) is 0 Å². The Morgan fingerprint density at radius 2 is 1.96 bits per heavy atom. The highest BCUT2D eigenvalue weighted by molar-refractivity contribution is 7.83. The van der Waals surface area contributed by atoms with Crippen LogP contribution in [0.5, 0.6) is 0 Å². The zero-order valence-corrected chi connectivity index (χ0v) is 15.9. The lowest BCUT2D eigenvalue weighted by atomic mass is 10.2. The molecule has 0 bridgehead atoms. The van der Waals surface area contributed by atoms with Gasteiger partial charge in [-0.15, -0.1) is 0 Å². The van der Waals surface area contributed by atoms with Gasteiger partial charge in [-0.05, 0) is 31.2 Å². The number of hydrogen-bond donors (Lipinski definition) is 1. The van der Waals surface area contributed by atoms with Gasteiger partial charge < -0.3 is 5.32 Å². The number of hydrogen-bond acceptors (Lipinski definition) is 3. The summed E-state index contributed by atoms with van der Waals surface area (Å²) in [7, 11) is -1.06. The van der Waals surface area contributed by atoms with E-state index in [0.29, 0.717) is 28.6 Å². The first-order valence-electron chi connectivity index (χ1n) is 8.22. The molecule has 1 aliphatic rings. The quantitative estimate of drug-likeness (QED) is 0.719. The molecule has 0 aliphatic carbocycles. The molecule has 2 heterocycles. The molecule has 0 fully saturated rings. The van der Waals surface area contributed by atoms with Crippen molar-refractivity contribution in [3.05, 3.63) is 75.7 Å². The molecular formula is C19H15ClFN3O2S. The average molecular weight is 404 g/mol. The summed E-state index contributed by atoms with van der Waals surface area (Å²) in [5.74, 6) is -0.364. The second kappa shape index (κ2) is 6.90. The van der Waals surface area contributed by atoms with Crippen LogP contribution in [0.15, 0.2) is 42.5 Å². The SMILES string of the molecule is Cc1ccc(-n2nc3c(c2NC(=O)c2c(F)cccc2Cl)C[S@](=O)C3)cc1. The number of aryl methyl sites for hydroxylation is 1. The second-order valence-electron chi connectivity index (χ2n) is 6.30. The number of benzene rings is 2. The van der Waals surface area contributed by atoms with E-state index < -0.39 is 22.5 Å². The first-order chi connectivity index (χ1) is 12.9. The van der Waals surface area contributed by atoms with Crippen molar-refractivity contribution in [3.63, 3.8) is 0 Å². The van der Waals surface area contributed by atoms with Gasteiger partial charge in [-0.2, -0.15) is 5.10 Å². The van der Waals surface area contributed by atoms with Crippen molar-refractivity contribution < 1.29 is 13.4 Å². The fraction of sp³-hybridized carbons (Fsp3) is 0.158. The summed E-state index contributed by atoms with van der Waals surface area (Å²) in [6, 6.07) is 11.7. The minimum atomic E-state index is -1.06. The Kier molecular flexibility index (Phi) is 4.57. The first-order valence-corrected chi connectivity index (χ1v) is 10.1. The number of amides is 1. The number of carbonyl (C=O) groups excluding carboxylic acids is 1. The molecule has 138 valence electrons. The standard InChI is InChI=1S/C19H15ClFN3O2S/c1-11-5-7-12(8-6-11)24-18(13-9-27(26)10-16(13)23-24)22-19(25)17-14(20)3-2-4-15(17)21/h2-8H,9-10H2,1H3,(H,22,25)/t27-/m0/s1. The molecule has 0 radical (unpaired) electrons. The van der Waals surface area contributed by atoms with E-state index >= 15 is 0 Å². The van der Waals surface area contributed by atoms with Crippen molar-refractivity contribution in [2.45, 2.75) is 18.4 Å². The zero-order chi connectivity index (χ0) is 19.1. The number of nitrogens with zero attached hydrogens (tertiary/aromatic N) is 2. The van der Waals surface area contributed by atoms with E-state index in [0.717, 1.165) is 11.3 Å². The van der Waals surface area contributed by atoms with Crippen molar-refractivity contribution in [1.82, 2.24) is 9.78 Å². The summed E-state index contributed by atoms with van der Waals surface area (Å²) in [5.41, 5.74) is 2.97. The van der Waals surface area contributed by atoms with Gasteiger partial charge in [0.15, 0.2) is 0 Å². The molecular weight excluding hydrogens is 389 g/mol. The molecule has 1 amide bonds. The fourth-order valence-corrected chi connectivity index (χ4v) is 4.53. The summed E-state index contributed by atoms with van der Waals surface area (Å²) in [4.78, 5) is 12.7. The van der Waals surface area contributed by atoms with E-state index in [9.17, 15) is 13.4 Å². The third kappa shape index (κ3) is 3.28. The van der Waals surface area contributed by atoms with Crippen LogP contribution in [0.3, 0.4) is 0 Å². The molecule has 1 aliphatic heterocycles. The number of carbonyl (C=O) groups is 1. The Bertz CT molecular complexity index is 1060. The van der Waals surface area contributed by atoms with E-state index in [1.807, 2.05) is 31.2 Å². The van der Waals surface area contributed by atoms with Gasteiger partial charge in [0, 0.05) is 16.4 Å². The lowest BCUT2D eigenvalue weighted by molar-refractivity contribution is 0.102. The number of rotatable bonds is 3. The highest BCUT2D eigenvalue weighted by Gasteiger charge is 2.29. The highest BCUT2D eigenvalue weighted by atomic mass is 35.5. The molecule has 3 aromatic rings. The molecule has 4 rings (SSSR count). The number of anilines is 1. The van der Waals surface area contributed by atoms with Crippen LogP contribution in [0.4, 0.5) is 10.2 Å². The van der Waals surface area contributed by atoms with Crippen molar-refractivity contribution in [2.75, 3.05) is 5.32 Å². The van der Waals surface area contributed by atoms with Gasteiger partial charge in [-0.3, -0.25) is 9.00 Å². The Hall–Kier alpha value is -2.51. The molecule has 0 unspecified atom stereocenters. The molecule has 5 nitrogen and oxygen atoms in total. The monoisotopic (exact) mass is 403 g/mol. The summed E-state index contributed by atoms with van der Waals surface area (Å²) < 4.78 is 27.6. The average Bonchev–Trinajstić information content (AvgIpc) is 3.13. The highest BCUT2D eigenvalue weighted by Crippen LogP contribution is 2.32.